The van der Waals surface area contributed by atoms with Crippen LogP contribution >= 0.6 is 11.3 Å². The van der Waals surface area contributed by atoms with Gasteiger partial charge in [0, 0.05) is 30.4 Å². The van der Waals surface area contributed by atoms with Gasteiger partial charge in [0.25, 0.3) is 0 Å². The highest BCUT2D eigenvalue weighted by Crippen LogP contribution is 2.22. The second-order valence-corrected chi connectivity index (χ2v) is 5.99. The van der Waals surface area contributed by atoms with Gasteiger partial charge >= 0.3 is 0 Å². The van der Waals surface area contributed by atoms with Crippen LogP contribution in [0.25, 0.3) is 0 Å². The molecule has 1 heterocycles. The van der Waals surface area contributed by atoms with Gasteiger partial charge < -0.3 is 10.2 Å². The van der Waals surface area contributed by atoms with E-state index in [2.05, 4.69) is 36.2 Å². The summed E-state index contributed by atoms with van der Waals surface area (Å²) in [5.74, 6) is 0. The van der Waals surface area contributed by atoms with Crippen molar-refractivity contribution in [1.82, 2.24) is 15.2 Å². The normalized spacial score (nSPS) is 16.0. The van der Waals surface area contributed by atoms with Gasteiger partial charge in [-0.2, -0.15) is 0 Å². The lowest BCUT2D eigenvalue weighted by Gasteiger charge is -2.06. The number of nitrogens with zero attached hydrogens (tertiary/aromatic N) is 2. The van der Waals surface area contributed by atoms with Gasteiger partial charge in [-0.3, -0.25) is 0 Å². The lowest BCUT2D eigenvalue weighted by Crippen LogP contribution is -2.15. The Kier molecular flexibility index (Phi) is 3.95. The second kappa shape index (κ2) is 5.25. The van der Waals surface area contributed by atoms with E-state index in [0.717, 1.165) is 25.6 Å². The summed E-state index contributed by atoms with van der Waals surface area (Å²) in [5.41, 5.74) is 1.21. The lowest BCUT2D eigenvalue weighted by atomic mass is 10.4. The van der Waals surface area contributed by atoms with E-state index < -0.39 is 0 Å². The highest BCUT2D eigenvalue weighted by Gasteiger charge is 2.20. The van der Waals surface area contributed by atoms with Crippen LogP contribution in [0, 0.1) is 6.92 Å². The monoisotopic (exact) mass is 239 g/mol. The molecule has 1 aliphatic rings. The van der Waals surface area contributed by atoms with Crippen LogP contribution in [0.3, 0.4) is 0 Å². The van der Waals surface area contributed by atoms with Crippen LogP contribution in [0.2, 0.25) is 0 Å². The third kappa shape index (κ3) is 3.54. The zero-order chi connectivity index (χ0) is 11.5. The number of aromatic nitrogens is 1. The maximum atomic E-state index is 4.63. The SMILES string of the molecule is Cc1nc(CCN(C)C)sc1CNC1CC1. The first-order chi connectivity index (χ1) is 7.65. The first kappa shape index (κ1) is 12.0. The number of hydrogen-bond acceptors (Lipinski definition) is 4. The minimum Gasteiger partial charge on any atom is -0.309 e. The number of likely N-dealkylation sites (N-methyl/N-ethyl adjacent to an activating group) is 1. The van der Waals surface area contributed by atoms with E-state index in [1.165, 1.54) is 28.4 Å². The summed E-state index contributed by atoms with van der Waals surface area (Å²) in [6.07, 6.45) is 3.78. The summed E-state index contributed by atoms with van der Waals surface area (Å²) in [5, 5.41) is 4.83. The van der Waals surface area contributed by atoms with Crippen LogP contribution in [0.5, 0.6) is 0 Å². The minimum atomic E-state index is 0.784. The summed E-state index contributed by atoms with van der Waals surface area (Å²) in [6.45, 7) is 4.22. The lowest BCUT2D eigenvalue weighted by molar-refractivity contribution is 0.413. The second-order valence-electron chi connectivity index (χ2n) is 4.82. The van der Waals surface area contributed by atoms with Crippen LogP contribution in [0.4, 0.5) is 0 Å². The summed E-state index contributed by atoms with van der Waals surface area (Å²) < 4.78 is 0. The van der Waals surface area contributed by atoms with Gasteiger partial charge in [0.2, 0.25) is 0 Å². The zero-order valence-corrected chi connectivity index (χ0v) is 11.2. The number of aryl methyl sites for hydroxylation is 1. The molecule has 1 fully saturated rings. The number of thiazole rings is 1. The Bertz CT molecular complexity index is 342. The molecule has 0 spiro atoms. The predicted octanol–water partition coefficient (Wildman–Crippen LogP) is 1.81. The van der Waals surface area contributed by atoms with E-state index >= 15 is 0 Å². The number of rotatable bonds is 6. The quantitative estimate of drug-likeness (QED) is 0.820. The molecule has 16 heavy (non-hydrogen) atoms. The predicted molar refractivity (Wildman–Crippen MR) is 69.0 cm³/mol. The van der Waals surface area contributed by atoms with Gasteiger partial charge in [0.05, 0.1) is 10.7 Å². The molecule has 0 amide bonds. The topological polar surface area (TPSA) is 28.2 Å². The maximum absolute atomic E-state index is 4.63. The van der Waals surface area contributed by atoms with Crippen molar-refractivity contribution in [2.24, 2.45) is 0 Å². The molecule has 1 saturated carbocycles. The Labute approximate surface area is 102 Å². The van der Waals surface area contributed by atoms with Gasteiger partial charge in [-0.15, -0.1) is 11.3 Å². The molecule has 0 aromatic carbocycles. The molecule has 1 aromatic rings. The molecule has 0 unspecified atom stereocenters. The summed E-state index contributed by atoms with van der Waals surface area (Å²) in [4.78, 5) is 8.26. The molecular weight excluding hydrogens is 218 g/mol. The average molecular weight is 239 g/mol. The third-order valence-corrected chi connectivity index (χ3v) is 4.06. The molecule has 0 saturated heterocycles. The molecule has 90 valence electrons. The Balaban J connectivity index is 1.86. The van der Waals surface area contributed by atoms with Gasteiger partial charge in [-0.05, 0) is 33.9 Å². The first-order valence-electron chi connectivity index (χ1n) is 5.98. The van der Waals surface area contributed by atoms with Gasteiger partial charge in [0.1, 0.15) is 0 Å². The molecule has 1 aromatic heterocycles. The molecule has 1 aliphatic carbocycles. The molecule has 0 aliphatic heterocycles. The fourth-order valence-electron chi connectivity index (χ4n) is 1.60. The smallest absolute Gasteiger partial charge is 0.0944 e. The van der Waals surface area contributed by atoms with Gasteiger partial charge in [-0.1, -0.05) is 0 Å². The molecule has 2 rings (SSSR count). The molecule has 4 heteroatoms. The molecule has 3 nitrogen and oxygen atoms in total. The van der Waals surface area contributed by atoms with Crippen LogP contribution in [0.1, 0.15) is 28.4 Å². The summed E-state index contributed by atoms with van der Waals surface area (Å²) >= 11 is 1.87. The van der Waals surface area contributed by atoms with Crippen molar-refractivity contribution in [3.8, 4) is 0 Å². The average Bonchev–Trinajstić information content (AvgIpc) is 2.98. The Morgan fingerprint density at radius 3 is 2.81 bits per heavy atom. The number of nitrogens with one attached hydrogen (secondary N) is 1. The molecule has 0 bridgehead atoms. The first-order valence-corrected chi connectivity index (χ1v) is 6.80. The Morgan fingerprint density at radius 2 is 2.19 bits per heavy atom. The van der Waals surface area contributed by atoms with E-state index in [9.17, 15) is 0 Å². The Morgan fingerprint density at radius 1 is 1.44 bits per heavy atom. The van der Waals surface area contributed by atoms with E-state index in [1.54, 1.807) is 0 Å². The standard InChI is InChI=1S/C12H21N3S/c1-9-11(8-13-10-4-5-10)16-12(14-9)6-7-15(2)3/h10,13H,4-8H2,1-3H3. The highest BCUT2D eigenvalue weighted by atomic mass is 32.1. The van der Waals surface area contributed by atoms with Gasteiger partial charge in [0.15, 0.2) is 0 Å². The van der Waals surface area contributed by atoms with Crippen molar-refractivity contribution >= 4 is 11.3 Å². The minimum absolute atomic E-state index is 0.784. The largest absolute Gasteiger partial charge is 0.309 e. The van der Waals surface area contributed by atoms with E-state index in [1.807, 2.05) is 11.3 Å². The van der Waals surface area contributed by atoms with Crippen molar-refractivity contribution in [2.75, 3.05) is 20.6 Å². The fraction of sp³-hybridized carbons (Fsp3) is 0.750. The summed E-state index contributed by atoms with van der Waals surface area (Å²) in [6, 6.07) is 0.784. The third-order valence-electron chi connectivity index (χ3n) is 2.84. The molecule has 0 atom stereocenters. The van der Waals surface area contributed by atoms with Crippen molar-refractivity contribution in [3.63, 3.8) is 0 Å². The fourth-order valence-corrected chi connectivity index (χ4v) is 2.61. The van der Waals surface area contributed by atoms with E-state index in [4.69, 9.17) is 0 Å². The number of hydrogen-bond donors (Lipinski definition) is 1. The molecule has 0 radical (unpaired) electrons. The van der Waals surface area contributed by atoms with E-state index in [0.29, 0.717) is 0 Å². The van der Waals surface area contributed by atoms with Gasteiger partial charge in [-0.25, -0.2) is 4.98 Å². The van der Waals surface area contributed by atoms with Crippen molar-refractivity contribution < 1.29 is 0 Å². The zero-order valence-electron chi connectivity index (χ0n) is 10.4. The van der Waals surface area contributed by atoms with Crippen molar-refractivity contribution in [3.05, 3.63) is 15.6 Å². The van der Waals surface area contributed by atoms with Crippen LogP contribution in [-0.4, -0.2) is 36.6 Å². The molecular formula is C12H21N3S. The van der Waals surface area contributed by atoms with Crippen LogP contribution < -0.4 is 5.32 Å². The Hall–Kier alpha value is -0.450. The van der Waals surface area contributed by atoms with Crippen LogP contribution in [-0.2, 0) is 13.0 Å². The van der Waals surface area contributed by atoms with E-state index in [-0.39, 0.29) is 0 Å². The maximum Gasteiger partial charge on any atom is 0.0944 e. The van der Waals surface area contributed by atoms with Crippen molar-refractivity contribution in [2.45, 2.75) is 38.8 Å². The summed E-state index contributed by atoms with van der Waals surface area (Å²) in [7, 11) is 4.21. The highest BCUT2D eigenvalue weighted by molar-refractivity contribution is 7.11. The van der Waals surface area contributed by atoms with Crippen LogP contribution in [0.15, 0.2) is 0 Å². The van der Waals surface area contributed by atoms with Crippen molar-refractivity contribution in [1.29, 1.82) is 0 Å². The molecule has 1 N–H and O–H groups in total.